The Morgan fingerprint density at radius 1 is 1.21 bits per heavy atom. The highest BCUT2D eigenvalue weighted by Gasteiger charge is 2.27. The van der Waals surface area contributed by atoms with Crippen molar-refractivity contribution in [3.63, 3.8) is 0 Å². The minimum atomic E-state index is -0.349. The molecule has 0 unspecified atom stereocenters. The van der Waals surface area contributed by atoms with Gasteiger partial charge in [0.05, 0.1) is 6.42 Å². The van der Waals surface area contributed by atoms with Crippen molar-refractivity contribution in [1.82, 2.24) is 10.2 Å². The van der Waals surface area contributed by atoms with Gasteiger partial charge in [0.25, 0.3) is 0 Å². The average molecular weight is 334 g/mol. The molecule has 0 atom stereocenters. The number of halogens is 1. The molecule has 1 fully saturated rings. The molecule has 132 valence electrons. The van der Waals surface area contributed by atoms with Crippen LogP contribution in [-0.4, -0.2) is 35.8 Å². The molecular formula is C19H27FN2O2. The standard InChI is InChI=1S/C19H27FN2O2/c1-3-14(4-2)19(24)22-11-9-16(10-12-22)21-18(23)13-15-7-5-6-8-17(15)20/h5-8,14,16H,3-4,9-13H2,1-2H3,(H,21,23). The second-order valence-corrected chi connectivity index (χ2v) is 6.45. The third-order valence-corrected chi connectivity index (χ3v) is 4.82. The Labute approximate surface area is 143 Å². The smallest absolute Gasteiger partial charge is 0.225 e. The molecule has 0 saturated carbocycles. The molecule has 1 N–H and O–H groups in total. The maximum absolute atomic E-state index is 13.6. The van der Waals surface area contributed by atoms with Crippen LogP contribution < -0.4 is 5.32 Å². The third kappa shape index (κ3) is 4.79. The van der Waals surface area contributed by atoms with Gasteiger partial charge in [-0.2, -0.15) is 0 Å². The molecule has 0 aromatic heterocycles. The van der Waals surface area contributed by atoms with E-state index in [-0.39, 0.29) is 36.0 Å². The van der Waals surface area contributed by atoms with Gasteiger partial charge in [-0.1, -0.05) is 32.0 Å². The number of rotatable bonds is 6. The predicted octanol–water partition coefficient (Wildman–Crippen LogP) is 2.91. The number of benzene rings is 1. The van der Waals surface area contributed by atoms with Gasteiger partial charge in [-0.05, 0) is 37.3 Å². The van der Waals surface area contributed by atoms with Crippen molar-refractivity contribution >= 4 is 11.8 Å². The van der Waals surface area contributed by atoms with E-state index in [0.29, 0.717) is 18.7 Å². The normalized spacial score (nSPS) is 15.6. The maximum Gasteiger partial charge on any atom is 0.225 e. The molecule has 1 aromatic carbocycles. The molecule has 4 nitrogen and oxygen atoms in total. The van der Waals surface area contributed by atoms with E-state index in [1.54, 1.807) is 18.2 Å². The zero-order valence-electron chi connectivity index (χ0n) is 14.6. The second-order valence-electron chi connectivity index (χ2n) is 6.45. The van der Waals surface area contributed by atoms with Gasteiger partial charge in [-0.25, -0.2) is 4.39 Å². The Balaban J connectivity index is 1.79. The molecular weight excluding hydrogens is 307 g/mol. The Kier molecular flexibility index (Phi) is 6.76. The molecule has 5 heteroatoms. The van der Waals surface area contributed by atoms with Crippen LogP contribution in [0.2, 0.25) is 0 Å². The molecule has 2 amide bonds. The summed E-state index contributed by atoms with van der Waals surface area (Å²) in [6.07, 6.45) is 3.31. The lowest BCUT2D eigenvalue weighted by molar-refractivity contribution is -0.137. The summed E-state index contributed by atoms with van der Waals surface area (Å²) < 4.78 is 13.6. The Morgan fingerprint density at radius 2 is 1.83 bits per heavy atom. The number of likely N-dealkylation sites (tertiary alicyclic amines) is 1. The van der Waals surface area contributed by atoms with E-state index >= 15 is 0 Å². The van der Waals surface area contributed by atoms with Gasteiger partial charge in [0.1, 0.15) is 5.82 Å². The van der Waals surface area contributed by atoms with E-state index in [9.17, 15) is 14.0 Å². The van der Waals surface area contributed by atoms with Crippen LogP contribution >= 0.6 is 0 Å². The Bertz CT molecular complexity index is 564. The molecule has 0 aliphatic carbocycles. The van der Waals surface area contributed by atoms with E-state index < -0.39 is 0 Å². The lowest BCUT2D eigenvalue weighted by atomic mass is 9.98. The first-order valence-corrected chi connectivity index (χ1v) is 8.86. The van der Waals surface area contributed by atoms with Gasteiger partial charge < -0.3 is 10.2 Å². The fourth-order valence-corrected chi connectivity index (χ4v) is 3.23. The number of hydrogen-bond donors (Lipinski definition) is 1. The van der Waals surface area contributed by atoms with Gasteiger partial charge in [0, 0.05) is 25.0 Å². The van der Waals surface area contributed by atoms with Crippen LogP contribution in [0.5, 0.6) is 0 Å². The Morgan fingerprint density at radius 3 is 2.42 bits per heavy atom. The minimum absolute atomic E-state index is 0.0551. The number of nitrogens with zero attached hydrogens (tertiary/aromatic N) is 1. The van der Waals surface area contributed by atoms with Crippen LogP contribution in [0.1, 0.15) is 45.1 Å². The van der Waals surface area contributed by atoms with Crippen molar-refractivity contribution in [2.75, 3.05) is 13.1 Å². The first-order valence-electron chi connectivity index (χ1n) is 8.86. The summed E-state index contributed by atoms with van der Waals surface area (Å²) in [7, 11) is 0. The van der Waals surface area contributed by atoms with Gasteiger partial charge in [0.15, 0.2) is 0 Å². The highest BCUT2D eigenvalue weighted by molar-refractivity contribution is 5.80. The summed E-state index contributed by atoms with van der Waals surface area (Å²) in [6, 6.07) is 6.41. The summed E-state index contributed by atoms with van der Waals surface area (Å²) in [4.78, 5) is 26.4. The van der Waals surface area contributed by atoms with Crippen molar-refractivity contribution in [3.8, 4) is 0 Å². The molecule has 1 heterocycles. The molecule has 1 aromatic rings. The molecule has 1 saturated heterocycles. The number of carbonyl (C=O) groups is 2. The highest BCUT2D eigenvalue weighted by Crippen LogP contribution is 2.17. The van der Waals surface area contributed by atoms with Crippen LogP contribution in [0.25, 0.3) is 0 Å². The summed E-state index contributed by atoms with van der Waals surface area (Å²) >= 11 is 0. The minimum Gasteiger partial charge on any atom is -0.353 e. The van der Waals surface area contributed by atoms with E-state index in [2.05, 4.69) is 5.32 Å². The van der Waals surface area contributed by atoms with Crippen molar-refractivity contribution in [1.29, 1.82) is 0 Å². The SMILES string of the molecule is CCC(CC)C(=O)N1CCC(NC(=O)Cc2ccccc2F)CC1. The van der Waals surface area contributed by atoms with E-state index in [1.807, 2.05) is 18.7 Å². The average Bonchev–Trinajstić information content (AvgIpc) is 2.58. The van der Waals surface area contributed by atoms with Crippen LogP contribution in [0, 0.1) is 11.7 Å². The molecule has 1 aliphatic heterocycles. The third-order valence-electron chi connectivity index (χ3n) is 4.82. The van der Waals surface area contributed by atoms with E-state index in [1.165, 1.54) is 6.07 Å². The molecule has 0 radical (unpaired) electrons. The number of hydrogen-bond acceptors (Lipinski definition) is 2. The summed E-state index contributed by atoms with van der Waals surface area (Å²) in [5, 5.41) is 2.97. The van der Waals surface area contributed by atoms with Crippen LogP contribution in [0.3, 0.4) is 0 Å². The largest absolute Gasteiger partial charge is 0.353 e. The fraction of sp³-hybridized carbons (Fsp3) is 0.579. The van der Waals surface area contributed by atoms with E-state index in [0.717, 1.165) is 25.7 Å². The summed E-state index contributed by atoms with van der Waals surface area (Å²) in [5.74, 6) is -0.170. The molecule has 2 rings (SSSR count). The fourth-order valence-electron chi connectivity index (χ4n) is 3.23. The van der Waals surface area contributed by atoms with Crippen LogP contribution in [-0.2, 0) is 16.0 Å². The van der Waals surface area contributed by atoms with Gasteiger partial charge in [-0.3, -0.25) is 9.59 Å². The zero-order chi connectivity index (χ0) is 17.5. The first-order chi connectivity index (χ1) is 11.5. The summed E-state index contributed by atoms with van der Waals surface area (Å²) in [5.41, 5.74) is 0.413. The molecule has 1 aliphatic rings. The van der Waals surface area contributed by atoms with Gasteiger partial charge in [0.2, 0.25) is 11.8 Å². The highest BCUT2D eigenvalue weighted by atomic mass is 19.1. The number of amides is 2. The predicted molar refractivity (Wildman–Crippen MR) is 91.9 cm³/mol. The lowest BCUT2D eigenvalue weighted by Crippen LogP contribution is -2.48. The number of piperidine rings is 1. The van der Waals surface area contributed by atoms with E-state index in [4.69, 9.17) is 0 Å². The van der Waals surface area contributed by atoms with Crippen molar-refractivity contribution < 1.29 is 14.0 Å². The molecule has 0 spiro atoms. The number of nitrogens with one attached hydrogen (secondary N) is 1. The summed E-state index contributed by atoms with van der Waals surface area (Å²) in [6.45, 7) is 5.45. The molecule has 0 bridgehead atoms. The van der Waals surface area contributed by atoms with Crippen molar-refractivity contribution in [2.24, 2.45) is 5.92 Å². The first kappa shape index (κ1) is 18.4. The van der Waals surface area contributed by atoms with Crippen LogP contribution in [0.15, 0.2) is 24.3 Å². The second kappa shape index (κ2) is 8.81. The lowest BCUT2D eigenvalue weighted by Gasteiger charge is -2.34. The van der Waals surface area contributed by atoms with Gasteiger partial charge in [-0.15, -0.1) is 0 Å². The topological polar surface area (TPSA) is 49.4 Å². The number of carbonyl (C=O) groups excluding carboxylic acids is 2. The quantitative estimate of drug-likeness (QED) is 0.869. The monoisotopic (exact) mass is 334 g/mol. The molecule has 24 heavy (non-hydrogen) atoms. The van der Waals surface area contributed by atoms with Crippen LogP contribution in [0.4, 0.5) is 4.39 Å². The van der Waals surface area contributed by atoms with Crippen molar-refractivity contribution in [2.45, 2.75) is 52.0 Å². The van der Waals surface area contributed by atoms with Crippen molar-refractivity contribution in [3.05, 3.63) is 35.6 Å². The maximum atomic E-state index is 13.6. The van der Waals surface area contributed by atoms with Gasteiger partial charge >= 0.3 is 0 Å². The Hall–Kier alpha value is -1.91. The zero-order valence-corrected chi connectivity index (χ0v) is 14.6.